The summed E-state index contributed by atoms with van der Waals surface area (Å²) in [5, 5.41) is 8.35. The number of nitrogens with zero attached hydrogens (tertiary/aromatic N) is 3. The van der Waals surface area contributed by atoms with Crippen LogP contribution >= 0.6 is 0 Å². The molecule has 130 valence electrons. The highest BCUT2D eigenvalue weighted by Crippen LogP contribution is 2.22. The third-order valence-electron chi connectivity index (χ3n) is 4.33. The molecule has 1 fully saturated rings. The van der Waals surface area contributed by atoms with Gasteiger partial charge in [-0.3, -0.25) is 4.90 Å². The minimum absolute atomic E-state index is 0.0937. The van der Waals surface area contributed by atoms with Crippen molar-refractivity contribution in [2.75, 3.05) is 13.1 Å². The number of likely N-dealkylation sites (tertiary alicyclic amines) is 1. The Morgan fingerprint density at radius 2 is 1.83 bits per heavy atom. The summed E-state index contributed by atoms with van der Waals surface area (Å²) < 4.78 is 11.8. The predicted octanol–water partition coefficient (Wildman–Crippen LogP) is 3.55. The lowest BCUT2D eigenvalue weighted by Gasteiger charge is -2.30. The summed E-state index contributed by atoms with van der Waals surface area (Å²) in [4.78, 5) is 2.36. The van der Waals surface area contributed by atoms with Crippen LogP contribution in [-0.2, 0) is 23.3 Å². The van der Waals surface area contributed by atoms with Crippen molar-refractivity contribution in [2.24, 2.45) is 0 Å². The molecule has 1 aromatic heterocycles. The van der Waals surface area contributed by atoms with E-state index < -0.39 is 0 Å². The van der Waals surface area contributed by atoms with Gasteiger partial charge in [-0.15, -0.1) is 10.2 Å². The predicted molar refractivity (Wildman–Crippen MR) is 92.5 cm³/mol. The van der Waals surface area contributed by atoms with Crippen LogP contribution in [0.15, 0.2) is 34.7 Å². The number of benzene rings is 1. The fourth-order valence-electron chi connectivity index (χ4n) is 2.83. The maximum atomic E-state index is 6.04. The molecule has 1 aliphatic heterocycles. The molecule has 1 aromatic carbocycles. The number of hydrogen-bond acceptors (Lipinski definition) is 5. The Kier molecular flexibility index (Phi) is 5.31. The van der Waals surface area contributed by atoms with E-state index in [0.29, 0.717) is 24.5 Å². The molecule has 0 amide bonds. The zero-order chi connectivity index (χ0) is 17.0. The SMILES string of the molecule is CC(C)(C)c1nnc(CN2CCC(OCc3ccccc3)CC2)o1. The third-order valence-corrected chi connectivity index (χ3v) is 4.33. The van der Waals surface area contributed by atoms with Gasteiger partial charge in [-0.1, -0.05) is 51.1 Å². The van der Waals surface area contributed by atoms with Crippen LogP contribution in [0.2, 0.25) is 0 Å². The number of ether oxygens (including phenoxy) is 1. The van der Waals surface area contributed by atoms with Gasteiger partial charge in [-0.2, -0.15) is 0 Å². The molecule has 0 bridgehead atoms. The zero-order valence-electron chi connectivity index (χ0n) is 14.9. The standard InChI is InChI=1S/C19H27N3O2/c1-19(2,3)18-21-20-17(24-18)13-22-11-9-16(10-12-22)23-14-15-7-5-4-6-8-15/h4-8,16H,9-14H2,1-3H3. The molecule has 0 atom stereocenters. The lowest BCUT2D eigenvalue weighted by molar-refractivity contribution is -0.00537. The van der Waals surface area contributed by atoms with E-state index in [1.54, 1.807) is 0 Å². The summed E-state index contributed by atoms with van der Waals surface area (Å²) in [7, 11) is 0. The van der Waals surface area contributed by atoms with Crippen LogP contribution in [0.25, 0.3) is 0 Å². The smallest absolute Gasteiger partial charge is 0.230 e. The van der Waals surface area contributed by atoms with Gasteiger partial charge in [0.25, 0.3) is 0 Å². The van der Waals surface area contributed by atoms with Gasteiger partial charge in [-0.05, 0) is 18.4 Å². The Balaban J connectivity index is 1.43. The van der Waals surface area contributed by atoms with Crippen LogP contribution < -0.4 is 0 Å². The van der Waals surface area contributed by atoms with E-state index in [9.17, 15) is 0 Å². The van der Waals surface area contributed by atoms with Gasteiger partial charge in [0, 0.05) is 18.5 Å². The van der Waals surface area contributed by atoms with Crippen LogP contribution in [0.4, 0.5) is 0 Å². The monoisotopic (exact) mass is 329 g/mol. The topological polar surface area (TPSA) is 51.4 Å². The molecule has 2 aromatic rings. The van der Waals surface area contributed by atoms with Crippen molar-refractivity contribution in [1.82, 2.24) is 15.1 Å². The third kappa shape index (κ3) is 4.65. The first-order valence-electron chi connectivity index (χ1n) is 8.71. The van der Waals surface area contributed by atoms with Crippen molar-refractivity contribution in [2.45, 2.75) is 58.3 Å². The normalized spacial score (nSPS) is 17.3. The van der Waals surface area contributed by atoms with Gasteiger partial charge in [-0.25, -0.2) is 0 Å². The quantitative estimate of drug-likeness (QED) is 0.839. The van der Waals surface area contributed by atoms with E-state index >= 15 is 0 Å². The fourth-order valence-corrected chi connectivity index (χ4v) is 2.83. The first kappa shape index (κ1) is 17.1. The molecule has 0 saturated carbocycles. The maximum Gasteiger partial charge on any atom is 0.230 e. The summed E-state index contributed by atoms with van der Waals surface area (Å²) in [5.41, 5.74) is 1.14. The fraction of sp³-hybridized carbons (Fsp3) is 0.579. The lowest BCUT2D eigenvalue weighted by Crippen LogP contribution is -2.36. The summed E-state index contributed by atoms with van der Waals surface area (Å²) in [6.07, 6.45) is 2.44. The number of hydrogen-bond donors (Lipinski definition) is 0. The zero-order valence-corrected chi connectivity index (χ0v) is 14.9. The average Bonchev–Trinajstić information content (AvgIpc) is 3.04. The van der Waals surface area contributed by atoms with Gasteiger partial charge in [0.1, 0.15) is 0 Å². The maximum absolute atomic E-state index is 6.04. The molecular formula is C19H27N3O2. The highest BCUT2D eigenvalue weighted by molar-refractivity contribution is 5.13. The molecule has 2 heterocycles. The van der Waals surface area contributed by atoms with E-state index in [-0.39, 0.29) is 5.41 Å². The molecule has 24 heavy (non-hydrogen) atoms. The van der Waals surface area contributed by atoms with Gasteiger partial charge in [0.05, 0.1) is 19.3 Å². The first-order valence-corrected chi connectivity index (χ1v) is 8.71. The second kappa shape index (κ2) is 7.45. The summed E-state index contributed by atoms with van der Waals surface area (Å²) in [6, 6.07) is 10.4. The molecule has 1 aliphatic rings. The van der Waals surface area contributed by atoms with Gasteiger partial charge in [0.15, 0.2) is 0 Å². The van der Waals surface area contributed by atoms with E-state index in [1.165, 1.54) is 5.56 Å². The Morgan fingerprint density at radius 3 is 2.46 bits per heavy atom. The van der Waals surface area contributed by atoms with E-state index in [4.69, 9.17) is 9.15 Å². The Labute approximate surface area is 144 Å². The van der Waals surface area contributed by atoms with Crippen molar-refractivity contribution in [3.63, 3.8) is 0 Å². The molecule has 3 rings (SSSR count). The molecule has 0 N–H and O–H groups in total. The van der Waals surface area contributed by atoms with Gasteiger partial charge >= 0.3 is 0 Å². The van der Waals surface area contributed by atoms with Crippen LogP contribution in [0.1, 0.15) is 51.0 Å². The number of aromatic nitrogens is 2. The lowest BCUT2D eigenvalue weighted by atomic mass is 9.97. The Morgan fingerprint density at radius 1 is 1.12 bits per heavy atom. The highest BCUT2D eigenvalue weighted by Gasteiger charge is 2.24. The molecule has 0 unspecified atom stereocenters. The average molecular weight is 329 g/mol. The second-order valence-corrected chi connectivity index (χ2v) is 7.52. The first-order chi connectivity index (χ1) is 11.5. The van der Waals surface area contributed by atoms with E-state index in [2.05, 4.69) is 60.1 Å². The van der Waals surface area contributed by atoms with Crippen LogP contribution in [-0.4, -0.2) is 34.3 Å². The van der Waals surface area contributed by atoms with Crippen LogP contribution in [0, 0.1) is 0 Å². The van der Waals surface area contributed by atoms with Gasteiger partial charge in [0.2, 0.25) is 11.8 Å². The van der Waals surface area contributed by atoms with Crippen LogP contribution in [0.5, 0.6) is 0 Å². The van der Waals surface area contributed by atoms with Crippen molar-refractivity contribution in [3.8, 4) is 0 Å². The van der Waals surface area contributed by atoms with E-state index in [0.717, 1.165) is 32.5 Å². The number of rotatable bonds is 5. The minimum atomic E-state index is -0.0937. The summed E-state index contributed by atoms with van der Waals surface area (Å²) >= 11 is 0. The van der Waals surface area contributed by atoms with E-state index in [1.807, 2.05) is 6.07 Å². The Hall–Kier alpha value is -1.72. The molecule has 0 radical (unpaired) electrons. The molecular weight excluding hydrogens is 302 g/mol. The van der Waals surface area contributed by atoms with Gasteiger partial charge < -0.3 is 9.15 Å². The number of piperidine rings is 1. The summed E-state index contributed by atoms with van der Waals surface area (Å²) in [5.74, 6) is 1.42. The highest BCUT2D eigenvalue weighted by atomic mass is 16.5. The van der Waals surface area contributed by atoms with Crippen molar-refractivity contribution < 1.29 is 9.15 Å². The largest absolute Gasteiger partial charge is 0.423 e. The minimum Gasteiger partial charge on any atom is -0.423 e. The van der Waals surface area contributed by atoms with Crippen molar-refractivity contribution >= 4 is 0 Å². The van der Waals surface area contributed by atoms with Crippen molar-refractivity contribution in [3.05, 3.63) is 47.7 Å². The summed E-state index contributed by atoms with van der Waals surface area (Å²) in [6.45, 7) is 9.69. The molecule has 1 saturated heterocycles. The molecule has 5 nitrogen and oxygen atoms in total. The Bertz CT molecular complexity index is 626. The second-order valence-electron chi connectivity index (χ2n) is 7.52. The van der Waals surface area contributed by atoms with Crippen LogP contribution in [0.3, 0.4) is 0 Å². The molecule has 5 heteroatoms. The molecule has 0 spiro atoms. The molecule has 0 aliphatic carbocycles. The van der Waals surface area contributed by atoms with Crippen molar-refractivity contribution in [1.29, 1.82) is 0 Å².